The van der Waals surface area contributed by atoms with Gasteiger partial charge < -0.3 is 10.0 Å². The Balaban J connectivity index is 2.26. The molecule has 5 nitrogen and oxygen atoms in total. The number of aromatic nitrogens is 2. The van der Waals surface area contributed by atoms with E-state index in [2.05, 4.69) is 9.97 Å². The van der Waals surface area contributed by atoms with Gasteiger partial charge in [0.2, 0.25) is 0 Å². The number of rotatable bonds is 3. The summed E-state index contributed by atoms with van der Waals surface area (Å²) < 4.78 is 0. The van der Waals surface area contributed by atoms with E-state index >= 15 is 0 Å². The number of carbonyl (C=O) groups is 1. The monoisotopic (exact) mass is 285 g/mol. The molecule has 1 aromatic carbocycles. The smallest absolute Gasteiger partial charge is 0.257 e. The topological polar surface area (TPSA) is 66.3 Å². The standard InChI is InChI=1S/C16H19N3O2/c1-10-15(9-17-12(3)18-10)16(21)19(4)11(2)13-6-5-7-14(20)8-13/h5-9,11,20H,1-4H3. The van der Waals surface area contributed by atoms with Gasteiger partial charge in [0, 0.05) is 13.2 Å². The van der Waals surface area contributed by atoms with Crippen molar-refractivity contribution in [3.05, 3.63) is 53.1 Å². The number of aryl methyl sites for hydroxylation is 2. The fraction of sp³-hybridized carbons (Fsp3) is 0.312. The van der Waals surface area contributed by atoms with Crippen LogP contribution < -0.4 is 0 Å². The zero-order valence-corrected chi connectivity index (χ0v) is 12.7. The second kappa shape index (κ2) is 5.91. The van der Waals surface area contributed by atoms with Crippen LogP contribution >= 0.6 is 0 Å². The molecule has 110 valence electrons. The summed E-state index contributed by atoms with van der Waals surface area (Å²) in [7, 11) is 1.73. The second-order valence-electron chi connectivity index (χ2n) is 5.10. The summed E-state index contributed by atoms with van der Waals surface area (Å²) in [6.07, 6.45) is 1.56. The highest BCUT2D eigenvalue weighted by molar-refractivity contribution is 5.95. The van der Waals surface area contributed by atoms with Crippen LogP contribution in [0.15, 0.2) is 30.5 Å². The molecule has 1 aromatic heterocycles. The first-order chi connectivity index (χ1) is 9.90. The van der Waals surface area contributed by atoms with E-state index in [9.17, 15) is 9.90 Å². The highest BCUT2D eigenvalue weighted by Crippen LogP contribution is 2.24. The Hall–Kier alpha value is -2.43. The Bertz CT molecular complexity index is 670. The molecule has 0 saturated carbocycles. The molecule has 21 heavy (non-hydrogen) atoms. The molecular formula is C16H19N3O2. The third kappa shape index (κ3) is 3.18. The van der Waals surface area contributed by atoms with Crippen LogP contribution in [0.2, 0.25) is 0 Å². The number of amides is 1. The van der Waals surface area contributed by atoms with Crippen molar-refractivity contribution < 1.29 is 9.90 Å². The van der Waals surface area contributed by atoms with Gasteiger partial charge in [-0.1, -0.05) is 12.1 Å². The number of nitrogens with zero attached hydrogens (tertiary/aromatic N) is 3. The number of carbonyl (C=O) groups excluding carboxylic acids is 1. The lowest BCUT2D eigenvalue weighted by Gasteiger charge is -2.26. The maximum atomic E-state index is 12.6. The molecule has 0 aliphatic carbocycles. The fourth-order valence-corrected chi connectivity index (χ4v) is 2.17. The molecule has 5 heteroatoms. The Morgan fingerprint density at radius 3 is 2.67 bits per heavy atom. The summed E-state index contributed by atoms with van der Waals surface area (Å²) in [6, 6.07) is 6.75. The van der Waals surface area contributed by atoms with Crippen molar-refractivity contribution in [2.24, 2.45) is 0 Å². The summed E-state index contributed by atoms with van der Waals surface area (Å²) in [5.41, 5.74) is 2.04. The first kappa shape index (κ1) is 15.0. The van der Waals surface area contributed by atoms with Gasteiger partial charge in [0.05, 0.1) is 17.3 Å². The van der Waals surface area contributed by atoms with Gasteiger partial charge in [-0.15, -0.1) is 0 Å². The van der Waals surface area contributed by atoms with Crippen molar-refractivity contribution in [1.82, 2.24) is 14.9 Å². The molecule has 0 fully saturated rings. The van der Waals surface area contributed by atoms with Crippen molar-refractivity contribution in [3.63, 3.8) is 0 Å². The lowest BCUT2D eigenvalue weighted by Crippen LogP contribution is -2.30. The SMILES string of the molecule is Cc1ncc(C(=O)N(C)C(C)c2cccc(O)c2)c(C)n1. The Kier molecular flexibility index (Phi) is 4.21. The van der Waals surface area contributed by atoms with E-state index in [1.807, 2.05) is 13.0 Å². The average molecular weight is 285 g/mol. The highest BCUT2D eigenvalue weighted by Gasteiger charge is 2.21. The van der Waals surface area contributed by atoms with Gasteiger partial charge in [-0.3, -0.25) is 4.79 Å². The lowest BCUT2D eigenvalue weighted by molar-refractivity contribution is 0.0740. The Labute approximate surface area is 124 Å². The highest BCUT2D eigenvalue weighted by atomic mass is 16.3. The quantitative estimate of drug-likeness (QED) is 0.941. The fourth-order valence-electron chi connectivity index (χ4n) is 2.17. The van der Waals surface area contributed by atoms with Gasteiger partial charge in [-0.25, -0.2) is 9.97 Å². The zero-order chi connectivity index (χ0) is 15.6. The number of aromatic hydroxyl groups is 1. The summed E-state index contributed by atoms with van der Waals surface area (Å²) in [6.45, 7) is 5.51. The van der Waals surface area contributed by atoms with Crippen LogP contribution in [0, 0.1) is 13.8 Å². The molecule has 1 amide bonds. The van der Waals surface area contributed by atoms with E-state index in [0.717, 1.165) is 5.56 Å². The molecule has 0 spiro atoms. The first-order valence-corrected chi connectivity index (χ1v) is 6.76. The number of hydrogen-bond donors (Lipinski definition) is 1. The number of phenols is 1. The molecule has 1 heterocycles. The van der Waals surface area contributed by atoms with Crippen molar-refractivity contribution in [2.75, 3.05) is 7.05 Å². The van der Waals surface area contributed by atoms with Gasteiger partial charge in [0.25, 0.3) is 5.91 Å². The summed E-state index contributed by atoms with van der Waals surface area (Å²) in [4.78, 5) is 22.5. The van der Waals surface area contributed by atoms with Crippen LogP contribution in [-0.4, -0.2) is 32.9 Å². The number of hydrogen-bond acceptors (Lipinski definition) is 4. The molecule has 0 radical (unpaired) electrons. The predicted molar refractivity (Wildman–Crippen MR) is 80.1 cm³/mol. The largest absolute Gasteiger partial charge is 0.508 e. The van der Waals surface area contributed by atoms with Gasteiger partial charge >= 0.3 is 0 Å². The molecule has 0 aliphatic heterocycles. The normalized spacial score (nSPS) is 12.0. The summed E-state index contributed by atoms with van der Waals surface area (Å²) in [5.74, 6) is 0.700. The van der Waals surface area contributed by atoms with Crippen molar-refractivity contribution in [2.45, 2.75) is 26.8 Å². The maximum absolute atomic E-state index is 12.6. The number of phenolic OH excluding ortho intramolecular Hbond substituents is 1. The van der Waals surface area contributed by atoms with E-state index in [-0.39, 0.29) is 17.7 Å². The van der Waals surface area contributed by atoms with Crippen LogP contribution in [-0.2, 0) is 0 Å². The minimum atomic E-state index is -0.162. The Morgan fingerprint density at radius 2 is 2.05 bits per heavy atom. The van der Waals surface area contributed by atoms with Crippen LogP contribution in [0.1, 0.15) is 40.4 Å². The van der Waals surface area contributed by atoms with Crippen molar-refractivity contribution in [1.29, 1.82) is 0 Å². The molecule has 2 rings (SSSR count). The van der Waals surface area contributed by atoms with E-state index in [1.165, 1.54) is 0 Å². The molecule has 0 aliphatic rings. The minimum absolute atomic E-state index is 0.136. The molecule has 1 atom stereocenters. The van der Waals surface area contributed by atoms with Crippen LogP contribution in [0.25, 0.3) is 0 Å². The van der Waals surface area contributed by atoms with Gasteiger partial charge in [0.15, 0.2) is 0 Å². The predicted octanol–water partition coefficient (Wildman–Crippen LogP) is 2.63. The van der Waals surface area contributed by atoms with E-state index in [4.69, 9.17) is 0 Å². The maximum Gasteiger partial charge on any atom is 0.257 e. The molecule has 0 bridgehead atoms. The minimum Gasteiger partial charge on any atom is -0.508 e. The number of benzene rings is 1. The Morgan fingerprint density at radius 1 is 1.33 bits per heavy atom. The summed E-state index contributed by atoms with van der Waals surface area (Å²) in [5, 5.41) is 9.55. The van der Waals surface area contributed by atoms with Crippen LogP contribution in [0.5, 0.6) is 5.75 Å². The van der Waals surface area contributed by atoms with Gasteiger partial charge in [-0.2, -0.15) is 0 Å². The third-order valence-electron chi connectivity index (χ3n) is 3.58. The summed E-state index contributed by atoms with van der Waals surface area (Å²) >= 11 is 0. The molecule has 0 saturated heterocycles. The van der Waals surface area contributed by atoms with Crippen LogP contribution in [0.3, 0.4) is 0 Å². The van der Waals surface area contributed by atoms with Gasteiger partial charge in [-0.05, 0) is 38.5 Å². The molecule has 2 aromatic rings. The average Bonchev–Trinajstić information content (AvgIpc) is 2.45. The molecular weight excluding hydrogens is 266 g/mol. The first-order valence-electron chi connectivity index (χ1n) is 6.76. The van der Waals surface area contributed by atoms with Crippen molar-refractivity contribution >= 4 is 5.91 Å². The van der Waals surface area contributed by atoms with E-state index in [0.29, 0.717) is 17.1 Å². The lowest BCUT2D eigenvalue weighted by atomic mass is 10.1. The molecule has 1 N–H and O–H groups in total. The zero-order valence-electron chi connectivity index (χ0n) is 12.7. The third-order valence-corrected chi connectivity index (χ3v) is 3.58. The van der Waals surface area contributed by atoms with Crippen LogP contribution in [0.4, 0.5) is 0 Å². The van der Waals surface area contributed by atoms with E-state index in [1.54, 1.807) is 50.2 Å². The molecule has 1 unspecified atom stereocenters. The van der Waals surface area contributed by atoms with Crippen molar-refractivity contribution in [3.8, 4) is 5.75 Å². The van der Waals surface area contributed by atoms with E-state index < -0.39 is 0 Å². The van der Waals surface area contributed by atoms with Gasteiger partial charge in [0.1, 0.15) is 11.6 Å². The second-order valence-corrected chi connectivity index (χ2v) is 5.10.